The second-order valence-electron chi connectivity index (χ2n) is 4.05. The van der Waals surface area contributed by atoms with Crippen LogP contribution in [-0.4, -0.2) is 18.1 Å². The van der Waals surface area contributed by atoms with Crippen LogP contribution in [0.2, 0.25) is 0 Å². The largest absolute Gasteiger partial charge is 0.316 e. The summed E-state index contributed by atoms with van der Waals surface area (Å²) in [5.74, 6) is 1.50. The third-order valence-corrected chi connectivity index (χ3v) is 3.22. The normalized spacial score (nSPS) is 23.6. The molecule has 2 nitrogen and oxygen atoms in total. The Balaban J connectivity index is 2.12. The predicted molar refractivity (Wildman–Crippen MR) is 58.2 cm³/mol. The molecule has 1 saturated heterocycles. The number of hydrogen-bond donors (Lipinski definition) is 1. The van der Waals surface area contributed by atoms with Crippen molar-refractivity contribution in [2.75, 3.05) is 13.1 Å². The van der Waals surface area contributed by atoms with Crippen LogP contribution in [0.5, 0.6) is 0 Å². The number of aromatic nitrogens is 1. The Morgan fingerprint density at radius 2 is 2.57 bits per heavy atom. The number of nitrogens with one attached hydrogen (secondary N) is 1. The molecule has 1 aliphatic rings. The van der Waals surface area contributed by atoms with Gasteiger partial charge in [-0.1, -0.05) is 13.0 Å². The molecule has 0 spiro atoms. The van der Waals surface area contributed by atoms with Crippen molar-refractivity contribution in [3.05, 3.63) is 30.1 Å². The maximum Gasteiger partial charge on any atom is 0.0302 e. The molecule has 1 fully saturated rings. The van der Waals surface area contributed by atoms with Crippen molar-refractivity contribution in [2.24, 2.45) is 5.92 Å². The molecule has 2 heteroatoms. The highest BCUT2D eigenvalue weighted by atomic mass is 14.9. The van der Waals surface area contributed by atoms with Gasteiger partial charge in [0.1, 0.15) is 0 Å². The highest BCUT2D eigenvalue weighted by molar-refractivity contribution is 5.16. The summed E-state index contributed by atoms with van der Waals surface area (Å²) in [6, 6.07) is 4.25. The number of hydrogen-bond acceptors (Lipinski definition) is 2. The lowest BCUT2D eigenvalue weighted by Crippen LogP contribution is -2.16. The SMILES string of the molecule is CCC(c1cccnc1)C1CCNC1. The molecule has 2 atom stereocenters. The Hall–Kier alpha value is -0.890. The topological polar surface area (TPSA) is 24.9 Å². The van der Waals surface area contributed by atoms with Crippen molar-refractivity contribution >= 4 is 0 Å². The van der Waals surface area contributed by atoms with Gasteiger partial charge in [-0.2, -0.15) is 0 Å². The van der Waals surface area contributed by atoms with E-state index < -0.39 is 0 Å². The third-order valence-electron chi connectivity index (χ3n) is 3.22. The van der Waals surface area contributed by atoms with Crippen LogP contribution in [0.4, 0.5) is 0 Å². The molecular formula is C12H18N2. The molecule has 0 saturated carbocycles. The average Bonchev–Trinajstić information content (AvgIpc) is 2.74. The van der Waals surface area contributed by atoms with Crippen LogP contribution in [0.25, 0.3) is 0 Å². The van der Waals surface area contributed by atoms with Gasteiger partial charge in [-0.3, -0.25) is 4.98 Å². The maximum atomic E-state index is 4.20. The highest BCUT2D eigenvalue weighted by Gasteiger charge is 2.24. The lowest BCUT2D eigenvalue weighted by Gasteiger charge is -2.21. The summed E-state index contributed by atoms with van der Waals surface area (Å²) in [4.78, 5) is 4.20. The van der Waals surface area contributed by atoms with Gasteiger partial charge in [-0.25, -0.2) is 0 Å². The van der Waals surface area contributed by atoms with Gasteiger partial charge < -0.3 is 5.32 Å². The number of pyridine rings is 1. The van der Waals surface area contributed by atoms with E-state index in [4.69, 9.17) is 0 Å². The Bertz CT molecular complexity index is 265. The molecule has 1 N–H and O–H groups in total. The van der Waals surface area contributed by atoms with Gasteiger partial charge in [0, 0.05) is 12.4 Å². The first-order valence-electron chi connectivity index (χ1n) is 5.52. The van der Waals surface area contributed by atoms with Crippen molar-refractivity contribution in [2.45, 2.75) is 25.7 Å². The van der Waals surface area contributed by atoms with E-state index in [1.807, 2.05) is 18.5 Å². The van der Waals surface area contributed by atoms with Crippen molar-refractivity contribution in [1.82, 2.24) is 10.3 Å². The molecule has 1 aromatic rings. The average molecular weight is 190 g/mol. The second-order valence-corrected chi connectivity index (χ2v) is 4.05. The van der Waals surface area contributed by atoms with Gasteiger partial charge in [0.25, 0.3) is 0 Å². The first kappa shape index (κ1) is 9.66. The fourth-order valence-corrected chi connectivity index (χ4v) is 2.46. The van der Waals surface area contributed by atoms with E-state index in [1.165, 1.54) is 31.5 Å². The monoisotopic (exact) mass is 190 g/mol. The third kappa shape index (κ3) is 1.95. The first-order chi connectivity index (χ1) is 6.92. The van der Waals surface area contributed by atoms with Crippen LogP contribution in [0.1, 0.15) is 31.2 Å². The van der Waals surface area contributed by atoms with E-state index in [2.05, 4.69) is 23.3 Å². The molecule has 76 valence electrons. The zero-order chi connectivity index (χ0) is 9.80. The van der Waals surface area contributed by atoms with Crippen LogP contribution in [0.15, 0.2) is 24.5 Å². The molecule has 2 rings (SSSR count). The standard InChI is InChI=1S/C12H18N2/c1-2-12(11-5-7-14-9-11)10-4-3-6-13-8-10/h3-4,6,8,11-12,14H,2,5,7,9H2,1H3. The van der Waals surface area contributed by atoms with Crippen molar-refractivity contribution < 1.29 is 0 Å². The zero-order valence-electron chi connectivity index (χ0n) is 8.74. The number of rotatable bonds is 3. The minimum absolute atomic E-state index is 0.693. The minimum Gasteiger partial charge on any atom is -0.316 e. The summed E-state index contributed by atoms with van der Waals surface area (Å²) >= 11 is 0. The van der Waals surface area contributed by atoms with E-state index in [-0.39, 0.29) is 0 Å². The van der Waals surface area contributed by atoms with Crippen LogP contribution in [-0.2, 0) is 0 Å². The van der Waals surface area contributed by atoms with Gasteiger partial charge in [0.15, 0.2) is 0 Å². The van der Waals surface area contributed by atoms with Crippen LogP contribution in [0.3, 0.4) is 0 Å². The molecule has 0 aliphatic carbocycles. The van der Waals surface area contributed by atoms with Gasteiger partial charge in [-0.15, -0.1) is 0 Å². The summed E-state index contributed by atoms with van der Waals surface area (Å²) in [7, 11) is 0. The van der Waals surface area contributed by atoms with Crippen molar-refractivity contribution in [1.29, 1.82) is 0 Å². The lowest BCUT2D eigenvalue weighted by atomic mass is 9.84. The predicted octanol–water partition coefficient (Wildman–Crippen LogP) is 2.18. The Kier molecular flexibility index (Phi) is 3.14. The summed E-state index contributed by atoms with van der Waals surface area (Å²) < 4.78 is 0. The summed E-state index contributed by atoms with van der Waals surface area (Å²) in [6.45, 7) is 4.63. The molecule has 14 heavy (non-hydrogen) atoms. The van der Waals surface area contributed by atoms with Gasteiger partial charge >= 0.3 is 0 Å². The van der Waals surface area contributed by atoms with Crippen molar-refractivity contribution in [3.8, 4) is 0 Å². The molecule has 1 aromatic heterocycles. The highest BCUT2D eigenvalue weighted by Crippen LogP contribution is 2.31. The molecular weight excluding hydrogens is 172 g/mol. The smallest absolute Gasteiger partial charge is 0.0302 e. The summed E-state index contributed by atoms with van der Waals surface area (Å²) in [5.41, 5.74) is 1.41. The molecule has 1 aliphatic heterocycles. The van der Waals surface area contributed by atoms with Crippen molar-refractivity contribution in [3.63, 3.8) is 0 Å². The minimum atomic E-state index is 0.693. The zero-order valence-corrected chi connectivity index (χ0v) is 8.74. The second kappa shape index (κ2) is 4.56. The first-order valence-corrected chi connectivity index (χ1v) is 5.52. The molecule has 2 heterocycles. The van der Waals surface area contributed by atoms with Crippen LogP contribution < -0.4 is 5.32 Å². The molecule has 0 amide bonds. The molecule has 0 radical (unpaired) electrons. The van der Waals surface area contributed by atoms with Gasteiger partial charge in [0.2, 0.25) is 0 Å². The quantitative estimate of drug-likeness (QED) is 0.790. The maximum absolute atomic E-state index is 4.20. The Morgan fingerprint density at radius 3 is 3.14 bits per heavy atom. The number of nitrogens with zero attached hydrogens (tertiary/aromatic N) is 1. The Labute approximate surface area is 85.7 Å². The van der Waals surface area contributed by atoms with E-state index in [0.29, 0.717) is 5.92 Å². The van der Waals surface area contributed by atoms with Crippen LogP contribution in [0, 0.1) is 5.92 Å². The fraction of sp³-hybridized carbons (Fsp3) is 0.583. The van der Waals surface area contributed by atoms with Gasteiger partial charge in [-0.05, 0) is 49.4 Å². The van der Waals surface area contributed by atoms with E-state index in [9.17, 15) is 0 Å². The van der Waals surface area contributed by atoms with E-state index in [0.717, 1.165) is 5.92 Å². The van der Waals surface area contributed by atoms with E-state index in [1.54, 1.807) is 0 Å². The summed E-state index contributed by atoms with van der Waals surface area (Å²) in [5, 5.41) is 3.44. The molecule has 0 bridgehead atoms. The Morgan fingerprint density at radius 1 is 1.64 bits per heavy atom. The molecule has 2 unspecified atom stereocenters. The van der Waals surface area contributed by atoms with Gasteiger partial charge in [0.05, 0.1) is 0 Å². The lowest BCUT2D eigenvalue weighted by molar-refractivity contribution is 0.446. The molecule has 0 aromatic carbocycles. The summed E-state index contributed by atoms with van der Waals surface area (Å²) in [6.07, 6.45) is 6.40. The fourth-order valence-electron chi connectivity index (χ4n) is 2.46. The van der Waals surface area contributed by atoms with E-state index >= 15 is 0 Å². The van der Waals surface area contributed by atoms with Crippen LogP contribution >= 0.6 is 0 Å².